The summed E-state index contributed by atoms with van der Waals surface area (Å²) in [7, 11) is 0. The minimum atomic E-state index is -0.522. The number of nitriles is 1. The molecular formula is C13H12F2N2O. The van der Waals surface area contributed by atoms with E-state index < -0.39 is 11.6 Å². The van der Waals surface area contributed by atoms with Crippen LogP contribution in [0.5, 0.6) is 0 Å². The number of likely N-dealkylation sites (tertiary alicyclic amines) is 1. The lowest BCUT2D eigenvalue weighted by atomic mass is 9.97. The molecule has 0 spiro atoms. The van der Waals surface area contributed by atoms with Gasteiger partial charge >= 0.3 is 0 Å². The first-order valence-corrected chi connectivity index (χ1v) is 5.71. The molecule has 0 radical (unpaired) electrons. The Hall–Kier alpha value is -1.96. The Morgan fingerprint density at radius 2 is 2.22 bits per heavy atom. The summed E-state index contributed by atoms with van der Waals surface area (Å²) in [6.45, 7) is 0.466. The molecule has 1 aromatic carbocycles. The fourth-order valence-electron chi connectivity index (χ4n) is 2.03. The fourth-order valence-corrected chi connectivity index (χ4v) is 2.03. The Labute approximate surface area is 104 Å². The number of nitrogens with zero attached hydrogens (tertiary/aromatic N) is 2. The molecule has 1 amide bonds. The summed E-state index contributed by atoms with van der Waals surface area (Å²) in [5.74, 6) is -1.49. The zero-order valence-electron chi connectivity index (χ0n) is 9.70. The van der Waals surface area contributed by atoms with Crippen molar-refractivity contribution >= 4 is 5.91 Å². The molecule has 1 fully saturated rings. The summed E-state index contributed by atoms with van der Waals surface area (Å²) in [4.78, 5) is 13.2. The van der Waals surface area contributed by atoms with Crippen molar-refractivity contribution in [2.75, 3.05) is 6.54 Å². The maximum absolute atomic E-state index is 13.4. The molecule has 1 aromatic rings. The van der Waals surface area contributed by atoms with Crippen LogP contribution < -0.4 is 0 Å². The average molecular weight is 250 g/mol. The highest BCUT2D eigenvalue weighted by Crippen LogP contribution is 2.20. The lowest BCUT2D eigenvalue weighted by Gasteiger charge is -2.29. The quantitative estimate of drug-likeness (QED) is 0.807. The summed E-state index contributed by atoms with van der Waals surface area (Å²) in [6, 6.07) is 5.25. The number of halogens is 2. The minimum Gasteiger partial charge on any atom is -0.338 e. The zero-order chi connectivity index (χ0) is 13.1. The van der Waals surface area contributed by atoms with Crippen molar-refractivity contribution in [3.05, 3.63) is 35.4 Å². The van der Waals surface area contributed by atoms with Crippen LogP contribution in [0.3, 0.4) is 0 Å². The monoisotopic (exact) mass is 250 g/mol. The number of hydrogen-bond acceptors (Lipinski definition) is 2. The molecule has 0 aromatic heterocycles. The molecule has 0 N–H and O–H groups in total. The predicted molar refractivity (Wildman–Crippen MR) is 60.1 cm³/mol. The summed E-state index contributed by atoms with van der Waals surface area (Å²) < 4.78 is 26.4. The summed E-state index contributed by atoms with van der Waals surface area (Å²) >= 11 is 0. The van der Waals surface area contributed by atoms with E-state index in [0.29, 0.717) is 13.0 Å². The van der Waals surface area contributed by atoms with Gasteiger partial charge in [0.1, 0.15) is 11.6 Å². The van der Waals surface area contributed by atoms with Gasteiger partial charge in [0.15, 0.2) is 0 Å². The lowest BCUT2D eigenvalue weighted by Crippen LogP contribution is -2.38. The van der Waals surface area contributed by atoms with Crippen molar-refractivity contribution in [2.45, 2.75) is 19.4 Å². The highest BCUT2D eigenvalue weighted by molar-refractivity contribution is 5.77. The maximum Gasteiger partial charge on any atom is 0.224 e. The van der Waals surface area contributed by atoms with Crippen molar-refractivity contribution in [2.24, 2.45) is 5.92 Å². The van der Waals surface area contributed by atoms with Crippen LogP contribution in [0.2, 0.25) is 0 Å². The largest absolute Gasteiger partial charge is 0.338 e. The predicted octanol–water partition coefficient (Wildman–Crippen LogP) is 2.23. The second kappa shape index (κ2) is 5.13. The van der Waals surface area contributed by atoms with Crippen molar-refractivity contribution in [1.29, 1.82) is 5.26 Å². The average Bonchev–Trinajstić information content (AvgIpc) is 2.36. The van der Waals surface area contributed by atoms with Crippen molar-refractivity contribution < 1.29 is 13.6 Å². The Balaban J connectivity index is 2.08. The van der Waals surface area contributed by atoms with Gasteiger partial charge in [0.25, 0.3) is 0 Å². The van der Waals surface area contributed by atoms with E-state index >= 15 is 0 Å². The third-order valence-electron chi connectivity index (χ3n) is 3.07. The lowest BCUT2D eigenvalue weighted by molar-refractivity contribution is -0.134. The molecule has 3 nitrogen and oxygen atoms in total. The first-order valence-electron chi connectivity index (χ1n) is 5.71. The van der Waals surface area contributed by atoms with Crippen LogP contribution in [-0.2, 0) is 11.3 Å². The first kappa shape index (κ1) is 12.5. The zero-order valence-corrected chi connectivity index (χ0v) is 9.70. The normalized spacial score (nSPS) is 19.7. The van der Waals surface area contributed by atoms with E-state index in [1.165, 1.54) is 4.90 Å². The number of carbonyl (C=O) groups excluding carboxylic acids is 1. The van der Waals surface area contributed by atoms with Crippen LogP contribution >= 0.6 is 0 Å². The Kier molecular flexibility index (Phi) is 3.56. The maximum atomic E-state index is 13.4. The van der Waals surface area contributed by atoms with Crippen LogP contribution in [-0.4, -0.2) is 17.4 Å². The van der Waals surface area contributed by atoms with E-state index in [1.807, 2.05) is 0 Å². The number of piperidine rings is 1. The molecule has 1 aliphatic heterocycles. The van der Waals surface area contributed by atoms with Gasteiger partial charge in [0.05, 0.1) is 12.0 Å². The van der Waals surface area contributed by atoms with E-state index in [2.05, 4.69) is 6.07 Å². The third-order valence-corrected chi connectivity index (χ3v) is 3.07. The SMILES string of the molecule is N#CC1CCN(Cc2cc(F)ccc2F)C(=O)C1. The van der Waals surface area contributed by atoms with Crippen LogP contribution in [0.25, 0.3) is 0 Å². The molecular weight excluding hydrogens is 238 g/mol. The summed E-state index contributed by atoms with van der Waals surface area (Å²) in [6.07, 6.45) is 0.743. The van der Waals surface area contributed by atoms with Gasteiger partial charge in [-0.3, -0.25) is 4.79 Å². The summed E-state index contributed by atoms with van der Waals surface area (Å²) in [5, 5.41) is 8.73. The molecule has 2 rings (SSSR count). The van der Waals surface area contributed by atoms with Crippen LogP contribution in [0.15, 0.2) is 18.2 Å². The molecule has 0 bridgehead atoms. The molecule has 5 heteroatoms. The molecule has 0 aliphatic carbocycles. The van der Waals surface area contributed by atoms with E-state index in [9.17, 15) is 13.6 Å². The highest BCUT2D eigenvalue weighted by atomic mass is 19.1. The van der Waals surface area contributed by atoms with Gasteiger partial charge in [-0.1, -0.05) is 0 Å². The Morgan fingerprint density at radius 1 is 1.44 bits per heavy atom. The van der Waals surface area contributed by atoms with Gasteiger partial charge in [-0.05, 0) is 24.6 Å². The third kappa shape index (κ3) is 2.65. The number of rotatable bonds is 2. The number of hydrogen-bond donors (Lipinski definition) is 0. The van der Waals surface area contributed by atoms with Gasteiger partial charge in [-0.25, -0.2) is 8.78 Å². The van der Waals surface area contributed by atoms with E-state index in [1.54, 1.807) is 0 Å². The summed E-state index contributed by atoms with van der Waals surface area (Å²) in [5.41, 5.74) is 0.166. The Bertz CT molecular complexity index is 510. The van der Waals surface area contributed by atoms with Crippen molar-refractivity contribution in [3.8, 4) is 6.07 Å². The fraction of sp³-hybridized carbons (Fsp3) is 0.385. The van der Waals surface area contributed by atoms with Crippen LogP contribution in [0.1, 0.15) is 18.4 Å². The molecule has 1 heterocycles. The molecule has 1 aliphatic rings. The van der Waals surface area contributed by atoms with Crippen molar-refractivity contribution in [1.82, 2.24) is 4.90 Å². The van der Waals surface area contributed by atoms with Gasteiger partial charge in [0, 0.05) is 25.1 Å². The van der Waals surface area contributed by atoms with Gasteiger partial charge in [-0.15, -0.1) is 0 Å². The number of benzene rings is 1. The van der Waals surface area contributed by atoms with Crippen molar-refractivity contribution in [3.63, 3.8) is 0 Å². The first-order chi connectivity index (χ1) is 8.60. The second-order valence-corrected chi connectivity index (χ2v) is 4.37. The van der Waals surface area contributed by atoms with E-state index in [-0.39, 0.29) is 30.4 Å². The second-order valence-electron chi connectivity index (χ2n) is 4.37. The number of amides is 1. The molecule has 1 atom stereocenters. The molecule has 1 unspecified atom stereocenters. The topological polar surface area (TPSA) is 44.1 Å². The smallest absolute Gasteiger partial charge is 0.224 e. The molecule has 0 saturated carbocycles. The molecule has 1 saturated heterocycles. The van der Waals surface area contributed by atoms with Gasteiger partial charge < -0.3 is 4.90 Å². The molecule has 94 valence electrons. The minimum absolute atomic E-state index is 0.0561. The van der Waals surface area contributed by atoms with Crippen LogP contribution in [0, 0.1) is 28.9 Å². The van der Waals surface area contributed by atoms with Gasteiger partial charge in [-0.2, -0.15) is 5.26 Å². The Morgan fingerprint density at radius 3 is 2.89 bits per heavy atom. The van der Waals surface area contributed by atoms with E-state index in [0.717, 1.165) is 18.2 Å². The molecule has 18 heavy (non-hydrogen) atoms. The standard InChI is InChI=1S/C13H12F2N2O/c14-11-1-2-12(15)10(6-11)8-17-4-3-9(7-16)5-13(17)18/h1-2,6,9H,3-5,8H2. The van der Waals surface area contributed by atoms with Crippen LogP contribution in [0.4, 0.5) is 8.78 Å². The highest BCUT2D eigenvalue weighted by Gasteiger charge is 2.26. The van der Waals surface area contributed by atoms with Gasteiger partial charge in [0.2, 0.25) is 5.91 Å². The number of carbonyl (C=O) groups is 1. The van der Waals surface area contributed by atoms with E-state index in [4.69, 9.17) is 5.26 Å².